The van der Waals surface area contributed by atoms with E-state index >= 15 is 0 Å². The highest BCUT2D eigenvalue weighted by Crippen LogP contribution is 2.52. The zero-order valence-electron chi connectivity index (χ0n) is 20.1. The molecule has 4 atom stereocenters. The average Bonchev–Trinajstić information content (AvgIpc) is 3.59. The molecule has 0 unspecified atom stereocenters. The van der Waals surface area contributed by atoms with Gasteiger partial charge in [-0.1, -0.05) is 54.6 Å². The van der Waals surface area contributed by atoms with Crippen LogP contribution in [0.4, 0.5) is 0 Å². The molecular weight excluding hydrogens is 600 g/mol. The van der Waals surface area contributed by atoms with Gasteiger partial charge in [-0.15, -0.1) is 0 Å². The molecule has 2 aliphatic carbocycles. The number of allylic oxidation sites excluding steroid dienone is 2. The fraction of sp³-hybridized carbons (Fsp3) is 0.276. The Morgan fingerprint density at radius 1 is 0.973 bits per heavy atom. The molecule has 2 bridgehead atoms. The molecule has 1 aliphatic heterocycles. The van der Waals surface area contributed by atoms with Crippen molar-refractivity contribution in [2.75, 3.05) is 6.61 Å². The minimum absolute atomic E-state index is 0.148. The van der Waals surface area contributed by atoms with Crippen molar-refractivity contribution in [3.63, 3.8) is 0 Å². The van der Waals surface area contributed by atoms with Crippen LogP contribution in [0.25, 0.3) is 10.8 Å². The summed E-state index contributed by atoms with van der Waals surface area (Å²) in [7, 11) is 0. The molecule has 0 aromatic heterocycles. The van der Waals surface area contributed by atoms with Gasteiger partial charge in [0.25, 0.3) is 11.8 Å². The Balaban J connectivity index is 1.27. The molecule has 2 amide bonds. The molecule has 8 heteroatoms. The Bertz CT molecular complexity index is 1450. The molecule has 6 rings (SSSR count). The summed E-state index contributed by atoms with van der Waals surface area (Å²) in [5.74, 6) is 0.418. The molecule has 2 fully saturated rings. The van der Waals surface area contributed by atoms with Crippen LogP contribution in [-0.4, -0.2) is 29.6 Å². The number of nitrogens with zero attached hydrogens (tertiary/aromatic N) is 2. The van der Waals surface area contributed by atoms with E-state index in [0.717, 1.165) is 27.8 Å². The number of hydrogen-bond donors (Lipinski definition) is 0. The van der Waals surface area contributed by atoms with Gasteiger partial charge in [0.05, 0.1) is 29.1 Å². The van der Waals surface area contributed by atoms with Gasteiger partial charge in [0.15, 0.2) is 11.5 Å². The number of carbonyl (C=O) groups excluding carboxylic acids is 2. The number of amides is 2. The smallest absolute Gasteiger partial charge is 0.254 e. The molecule has 188 valence electrons. The number of halogens is 2. The number of carbonyl (C=O) groups is 2. The van der Waals surface area contributed by atoms with E-state index < -0.39 is 0 Å². The first-order valence-electron chi connectivity index (χ1n) is 12.3. The summed E-state index contributed by atoms with van der Waals surface area (Å²) in [5.41, 5.74) is 1.72. The van der Waals surface area contributed by atoms with Crippen molar-refractivity contribution in [1.82, 2.24) is 5.01 Å². The van der Waals surface area contributed by atoms with Crippen LogP contribution in [0.1, 0.15) is 24.5 Å². The summed E-state index contributed by atoms with van der Waals surface area (Å²) >= 11 is 7.27. The molecule has 0 radical (unpaired) electrons. The van der Waals surface area contributed by atoms with E-state index in [4.69, 9.17) is 9.47 Å². The maximum atomic E-state index is 13.0. The van der Waals surface area contributed by atoms with Crippen molar-refractivity contribution >= 4 is 60.7 Å². The molecule has 1 saturated heterocycles. The van der Waals surface area contributed by atoms with Crippen molar-refractivity contribution < 1.29 is 19.1 Å². The largest absolute Gasteiger partial charge is 0.490 e. The fourth-order valence-electron chi connectivity index (χ4n) is 5.78. The third kappa shape index (κ3) is 4.10. The molecule has 3 aromatic rings. The lowest BCUT2D eigenvalue weighted by atomic mass is 9.85. The predicted octanol–water partition coefficient (Wildman–Crippen LogP) is 6.48. The van der Waals surface area contributed by atoms with Gasteiger partial charge in [-0.05, 0) is 79.4 Å². The standard InChI is InChI=1S/C29H24Br2N2O4/c1-2-36-22-13-20(14-32-33-28(34)23-17-10-11-18(12-17)24(23)29(33)35)25(30)26(31)27(22)37-15-19-8-5-7-16-6-3-4-9-21(16)19/h3-11,13-14,17-18,23-24H,2,12,15H2,1H3/t17-,18-,23-,24+/m0/s1. The average molecular weight is 624 g/mol. The van der Waals surface area contributed by atoms with Crippen LogP contribution in [0.15, 0.2) is 74.7 Å². The van der Waals surface area contributed by atoms with E-state index in [1.807, 2.05) is 31.2 Å². The van der Waals surface area contributed by atoms with Crippen molar-refractivity contribution in [2.24, 2.45) is 28.8 Å². The molecular formula is C29H24Br2N2O4. The van der Waals surface area contributed by atoms with E-state index in [1.54, 1.807) is 6.07 Å². The Hall–Kier alpha value is -2.97. The van der Waals surface area contributed by atoms with Gasteiger partial charge in [-0.25, -0.2) is 0 Å². The first-order chi connectivity index (χ1) is 18.0. The zero-order valence-corrected chi connectivity index (χ0v) is 23.2. The monoisotopic (exact) mass is 622 g/mol. The lowest BCUT2D eigenvalue weighted by molar-refractivity contribution is -0.140. The third-order valence-electron chi connectivity index (χ3n) is 7.47. The van der Waals surface area contributed by atoms with Crippen LogP contribution in [0.3, 0.4) is 0 Å². The summed E-state index contributed by atoms with van der Waals surface area (Å²) in [4.78, 5) is 26.0. The van der Waals surface area contributed by atoms with E-state index in [-0.39, 0.29) is 35.5 Å². The molecule has 1 heterocycles. The van der Waals surface area contributed by atoms with Crippen LogP contribution < -0.4 is 9.47 Å². The molecule has 6 nitrogen and oxygen atoms in total. The summed E-state index contributed by atoms with van der Waals surface area (Å²) < 4.78 is 13.5. The topological polar surface area (TPSA) is 68.2 Å². The van der Waals surface area contributed by atoms with Gasteiger partial charge in [-0.2, -0.15) is 10.1 Å². The first kappa shape index (κ1) is 24.4. The van der Waals surface area contributed by atoms with Gasteiger partial charge in [0.1, 0.15) is 6.61 Å². The summed E-state index contributed by atoms with van der Waals surface area (Å²) in [6.07, 6.45) is 6.56. The lowest BCUT2D eigenvalue weighted by Crippen LogP contribution is -2.28. The minimum Gasteiger partial charge on any atom is -0.490 e. The summed E-state index contributed by atoms with van der Waals surface area (Å²) in [5, 5.41) is 7.66. The third-order valence-corrected chi connectivity index (χ3v) is 9.61. The van der Waals surface area contributed by atoms with Gasteiger partial charge < -0.3 is 9.47 Å². The maximum absolute atomic E-state index is 13.0. The second kappa shape index (κ2) is 9.72. The van der Waals surface area contributed by atoms with E-state index in [9.17, 15) is 9.59 Å². The summed E-state index contributed by atoms with van der Waals surface area (Å²) in [6.45, 7) is 2.70. The predicted molar refractivity (Wildman–Crippen MR) is 148 cm³/mol. The van der Waals surface area contributed by atoms with E-state index in [1.165, 1.54) is 6.21 Å². The molecule has 3 aliphatic rings. The normalized spacial score (nSPS) is 24.0. The van der Waals surface area contributed by atoms with Gasteiger partial charge in [0.2, 0.25) is 0 Å². The van der Waals surface area contributed by atoms with E-state index in [0.29, 0.717) is 39.2 Å². The molecule has 37 heavy (non-hydrogen) atoms. The molecule has 0 N–H and O–H groups in total. The number of fused-ring (bicyclic) bond motifs is 6. The van der Waals surface area contributed by atoms with Gasteiger partial charge in [-0.3, -0.25) is 9.59 Å². The minimum atomic E-state index is -0.279. The molecule has 0 spiro atoms. The number of hydrogen-bond acceptors (Lipinski definition) is 5. The number of ether oxygens (including phenoxy) is 2. The van der Waals surface area contributed by atoms with Crippen LogP contribution >= 0.6 is 31.9 Å². The SMILES string of the molecule is CCOc1cc(C=NN2C(=O)[C@@H]3[C@H](C2=O)[C@H]2C=C[C@H]3C2)c(Br)c(Br)c1OCc1cccc2ccccc12. The summed E-state index contributed by atoms with van der Waals surface area (Å²) in [6, 6.07) is 16.1. The van der Waals surface area contributed by atoms with E-state index in [2.05, 4.69) is 67.3 Å². The van der Waals surface area contributed by atoms with Crippen LogP contribution in [0.2, 0.25) is 0 Å². The lowest BCUT2D eigenvalue weighted by Gasteiger charge is -2.17. The van der Waals surface area contributed by atoms with Gasteiger partial charge in [0, 0.05) is 10.0 Å². The molecule has 3 aromatic carbocycles. The first-order valence-corrected chi connectivity index (χ1v) is 13.9. The second-order valence-corrected chi connectivity index (χ2v) is 11.1. The molecule has 1 saturated carbocycles. The van der Waals surface area contributed by atoms with Crippen molar-refractivity contribution in [1.29, 1.82) is 0 Å². The van der Waals surface area contributed by atoms with Crippen LogP contribution in [-0.2, 0) is 16.2 Å². The second-order valence-electron chi connectivity index (χ2n) is 9.51. The Morgan fingerprint density at radius 2 is 1.68 bits per heavy atom. The van der Waals surface area contributed by atoms with Crippen LogP contribution in [0.5, 0.6) is 11.5 Å². The quantitative estimate of drug-likeness (QED) is 0.172. The van der Waals surface area contributed by atoms with Gasteiger partial charge >= 0.3 is 0 Å². The van der Waals surface area contributed by atoms with Crippen molar-refractivity contribution in [2.45, 2.75) is 20.0 Å². The maximum Gasteiger partial charge on any atom is 0.254 e. The Morgan fingerprint density at radius 3 is 2.41 bits per heavy atom. The number of imide groups is 1. The number of hydrazone groups is 1. The highest BCUT2D eigenvalue weighted by Gasteiger charge is 2.59. The highest BCUT2D eigenvalue weighted by atomic mass is 79.9. The Labute approximate surface area is 231 Å². The fourth-order valence-corrected chi connectivity index (χ4v) is 6.72. The Kier molecular flexibility index (Phi) is 6.41. The zero-order chi connectivity index (χ0) is 25.7. The highest BCUT2D eigenvalue weighted by molar-refractivity contribution is 9.13. The number of benzene rings is 3. The van der Waals surface area contributed by atoms with Crippen molar-refractivity contribution in [3.8, 4) is 11.5 Å². The number of rotatable bonds is 7. The van der Waals surface area contributed by atoms with Crippen LogP contribution in [0, 0.1) is 23.7 Å². The van der Waals surface area contributed by atoms with Crippen molar-refractivity contribution in [3.05, 3.63) is 80.8 Å².